The molecule has 2 amide bonds. The van der Waals surface area contributed by atoms with E-state index < -0.39 is 11.7 Å². The lowest BCUT2D eigenvalue weighted by Crippen LogP contribution is -2.15. The van der Waals surface area contributed by atoms with Crippen molar-refractivity contribution in [3.05, 3.63) is 58.9 Å². The summed E-state index contributed by atoms with van der Waals surface area (Å²) < 4.78 is 13.0. The fourth-order valence-corrected chi connectivity index (χ4v) is 2.61. The van der Waals surface area contributed by atoms with Crippen LogP contribution in [0.3, 0.4) is 0 Å². The van der Waals surface area contributed by atoms with Crippen molar-refractivity contribution < 1.29 is 14.0 Å². The van der Waals surface area contributed by atoms with Crippen LogP contribution < -0.4 is 11.1 Å². The van der Waals surface area contributed by atoms with Gasteiger partial charge in [-0.3, -0.25) is 9.59 Å². The van der Waals surface area contributed by atoms with E-state index in [-0.39, 0.29) is 16.7 Å². The number of halogens is 2. The Morgan fingerprint density at radius 2 is 1.86 bits per heavy atom. The van der Waals surface area contributed by atoms with Gasteiger partial charge in [0, 0.05) is 16.1 Å². The summed E-state index contributed by atoms with van der Waals surface area (Å²) >= 11 is 6.91. The normalized spacial score (nSPS) is 10.3. The number of hydrogen-bond acceptors (Lipinski definition) is 3. The summed E-state index contributed by atoms with van der Waals surface area (Å²) in [5, 5.41) is 2.71. The molecule has 0 aliphatic carbocycles. The number of primary amides is 1. The van der Waals surface area contributed by atoms with E-state index in [1.54, 1.807) is 18.2 Å². The van der Waals surface area contributed by atoms with Gasteiger partial charge in [0.25, 0.3) is 0 Å². The highest BCUT2D eigenvalue weighted by Crippen LogP contribution is 2.24. The van der Waals surface area contributed by atoms with E-state index in [1.807, 2.05) is 0 Å². The Kier molecular flexibility index (Phi) is 5.41. The minimum Gasteiger partial charge on any atom is -0.366 e. The molecule has 0 bridgehead atoms. The molecule has 7 heteroatoms. The van der Waals surface area contributed by atoms with Gasteiger partial charge in [-0.1, -0.05) is 11.6 Å². The lowest BCUT2D eigenvalue weighted by molar-refractivity contribution is -0.113. The molecule has 4 nitrogen and oxygen atoms in total. The van der Waals surface area contributed by atoms with Crippen LogP contribution in [0.25, 0.3) is 0 Å². The minimum atomic E-state index is -0.526. The molecule has 0 spiro atoms. The largest absolute Gasteiger partial charge is 0.366 e. The van der Waals surface area contributed by atoms with E-state index in [9.17, 15) is 14.0 Å². The van der Waals surface area contributed by atoms with E-state index in [2.05, 4.69) is 5.32 Å². The zero-order valence-electron chi connectivity index (χ0n) is 11.3. The summed E-state index contributed by atoms with van der Waals surface area (Å²) in [6.45, 7) is 0. The fraction of sp³-hybridized carbons (Fsp3) is 0.0667. The highest BCUT2D eigenvalue weighted by molar-refractivity contribution is 8.00. The predicted octanol–water partition coefficient (Wildman–Crippen LogP) is 3.31. The standard InChI is InChI=1S/C15H12ClFN2O2S/c16-12-7-11(5-6-13(12)17)22-8-14(20)19-10-3-1-9(2-4-10)15(18)21/h1-7H,8H2,(H2,18,21)(H,19,20). The molecule has 3 N–H and O–H groups in total. The summed E-state index contributed by atoms with van der Waals surface area (Å²) in [6.07, 6.45) is 0. The predicted molar refractivity (Wildman–Crippen MR) is 85.7 cm³/mol. The molecule has 0 atom stereocenters. The Morgan fingerprint density at radius 3 is 2.45 bits per heavy atom. The Labute approximate surface area is 135 Å². The molecule has 114 valence electrons. The Morgan fingerprint density at radius 1 is 1.18 bits per heavy atom. The van der Waals surface area contributed by atoms with E-state index in [0.717, 1.165) is 0 Å². The molecule has 0 unspecified atom stereocenters. The molecular weight excluding hydrogens is 327 g/mol. The van der Waals surface area contributed by atoms with Crippen molar-refractivity contribution in [1.82, 2.24) is 0 Å². The molecule has 2 rings (SSSR count). The zero-order chi connectivity index (χ0) is 16.1. The summed E-state index contributed by atoms with van der Waals surface area (Å²) in [5.41, 5.74) is 6.06. The van der Waals surface area contributed by atoms with Crippen LogP contribution in [0.15, 0.2) is 47.4 Å². The molecular formula is C15H12ClFN2O2S. The lowest BCUT2D eigenvalue weighted by atomic mass is 10.2. The number of nitrogens with one attached hydrogen (secondary N) is 1. The maximum atomic E-state index is 13.0. The summed E-state index contributed by atoms with van der Waals surface area (Å²) in [6, 6.07) is 10.5. The number of carbonyl (C=O) groups excluding carboxylic acids is 2. The van der Waals surface area contributed by atoms with Gasteiger partial charge in [0.1, 0.15) is 5.82 Å². The van der Waals surface area contributed by atoms with Crippen molar-refractivity contribution in [3.8, 4) is 0 Å². The van der Waals surface area contributed by atoms with Crippen LogP contribution >= 0.6 is 23.4 Å². The average Bonchev–Trinajstić information content (AvgIpc) is 2.49. The first kappa shape index (κ1) is 16.3. The average molecular weight is 339 g/mol. The Balaban J connectivity index is 1.89. The van der Waals surface area contributed by atoms with Crippen molar-refractivity contribution in [2.75, 3.05) is 11.1 Å². The van der Waals surface area contributed by atoms with Crippen LogP contribution in [-0.2, 0) is 4.79 Å². The highest BCUT2D eigenvalue weighted by atomic mass is 35.5. The first-order valence-electron chi connectivity index (χ1n) is 6.23. The molecule has 0 radical (unpaired) electrons. The van der Waals surface area contributed by atoms with Gasteiger partial charge in [-0.05, 0) is 42.5 Å². The minimum absolute atomic E-state index is 0.0208. The Hall–Kier alpha value is -2.05. The van der Waals surface area contributed by atoms with Gasteiger partial charge >= 0.3 is 0 Å². The van der Waals surface area contributed by atoms with Gasteiger partial charge in [-0.2, -0.15) is 0 Å². The summed E-state index contributed by atoms with van der Waals surface area (Å²) in [4.78, 5) is 23.5. The monoisotopic (exact) mass is 338 g/mol. The molecule has 22 heavy (non-hydrogen) atoms. The summed E-state index contributed by atoms with van der Waals surface area (Å²) in [7, 11) is 0. The SMILES string of the molecule is NC(=O)c1ccc(NC(=O)CSc2ccc(F)c(Cl)c2)cc1. The van der Waals surface area contributed by atoms with Crippen molar-refractivity contribution in [2.45, 2.75) is 4.90 Å². The van der Waals surface area contributed by atoms with Crippen molar-refractivity contribution in [2.24, 2.45) is 5.73 Å². The van der Waals surface area contributed by atoms with Crippen molar-refractivity contribution in [1.29, 1.82) is 0 Å². The number of benzene rings is 2. The number of thioether (sulfide) groups is 1. The number of hydrogen-bond donors (Lipinski definition) is 2. The molecule has 0 heterocycles. The number of anilines is 1. The van der Waals surface area contributed by atoms with E-state index in [0.29, 0.717) is 16.1 Å². The molecule has 0 saturated carbocycles. The molecule has 2 aromatic rings. The van der Waals surface area contributed by atoms with Crippen LogP contribution in [0.5, 0.6) is 0 Å². The van der Waals surface area contributed by atoms with Gasteiger partial charge in [0.2, 0.25) is 11.8 Å². The maximum Gasteiger partial charge on any atom is 0.248 e. The molecule has 0 aliphatic heterocycles. The van der Waals surface area contributed by atoms with E-state index in [4.69, 9.17) is 17.3 Å². The van der Waals surface area contributed by atoms with E-state index in [1.165, 1.54) is 36.0 Å². The van der Waals surface area contributed by atoms with Gasteiger partial charge in [0.15, 0.2) is 0 Å². The molecule has 0 aliphatic rings. The number of nitrogens with two attached hydrogens (primary N) is 1. The van der Waals surface area contributed by atoms with Gasteiger partial charge in [-0.25, -0.2) is 4.39 Å². The van der Waals surface area contributed by atoms with Crippen LogP contribution in [0.1, 0.15) is 10.4 Å². The van der Waals surface area contributed by atoms with Crippen LogP contribution in [-0.4, -0.2) is 17.6 Å². The van der Waals surface area contributed by atoms with Crippen LogP contribution in [0, 0.1) is 5.82 Å². The Bertz CT molecular complexity index is 707. The zero-order valence-corrected chi connectivity index (χ0v) is 12.9. The second kappa shape index (κ2) is 7.29. The second-order valence-electron chi connectivity index (χ2n) is 4.35. The van der Waals surface area contributed by atoms with Gasteiger partial charge < -0.3 is 11.1 Å². The number of rotatable bonds is 5. The van der Waals surface area contributed by atoms with Crippen LogP contribution in [0.2, 0.25) is 5.02 Å². The number of carbonyl (C=O) groups is 2. The van der Waals surface area contributed by atoms with Crippen molar-refractivity contribution in [3.63, 3.8) is 0 Å². The first-order valence-corrected chi connectivity index (χ1v) is 7.59. The molecule has 2 aromatic carbocycles. The highest BCUT2D eigenvalue weighted by Gasteiger charge is 2.07. The fourth-order valence-electron chi connectivity index (χ4n) is 1.63. The second-order valence-corrected chi connectivity index (χ2v) is 5.81. The quantitative estimate of drug-likeness (QED) is 0.821. The number of amides is 2. The summed E-state index contributed by atoms with van der Waals surface area (Å²) in [5.74, 6) is -1.09. The van der Waals surface area contributed by atoms with Crippen molar-refractivity contribution >= 4 is 40.9 Å². The lowest BCUT2D eigenvalue weighted by Gasteiger charge is -2.06. The topological polar surface area (TPSA) is 72.2 Å². The van der Waals surface area contributed by atoms with Gasteiger partial charge in [0.05, 0.1) is 10.8 Å². The first-order chi connectivity index (χ1) is 10.5. The van der Waals surface area contributed by atoms with Gasteiger partial charge in [-0.15, -0.1) is 11.8 Å². The van der Waals surface area contributed by atoms with E-state index >= 15 is 0 Å². The third-order valence-electron chi connectivity index (χ3n) is 2.71. The smallest absolute Gasteiger partial charge is 0.248 e. The molecule has 0 fully saturated rings. The molecule has 0 aromatic heterocycles. The molecule has 0 saturated heterocycles. The maximum absolute atomic E-state index is 13.0. The van der Waals surface area contributed by atoms with Crippen LogP contribution in [0.4, 0.5) is 10.1 Å². The third-order valence-corrected chi connectivity index (χ3v) is 4.00. The third kappa shape index (κ3) is 4.47.